The molecule has 0 fully saturated rings. The largest absolute Gasteiger partial charge is 0.497 e. The number of benzene rings is 1. The van der Waals surface area contributed by atoms with E-state index in [1.165, 1.54) is 6.07 Å². The van der Waals surface area contributed by atoms with Gasteiger partial charge in [-0.2, -0.15) is 0 Å². The summed E-state index contributed by atoms with van der Waals surface area (Å²) in [7, 11) is -4.23. The zero-order valence-electron chi connectivity index (χ0n) is 6.54. The Morgan fingerprint density at radius 1 is 1.08 bits per heavy atom. The molecule has 6 heteroatoms. The van der Waals surface area contributed by atoms with Gasteiger partial charge in [0.25, 0.3) is 0 Å². The van der Waals surface area contributed by atoms with E-state index in [0.717, 1.165) is 12.1 Å². The van der Waals surface area contributed by atoms with Crippen LogP contribution in [0, 0.1) is 11.6 Å². The predicted molar refractivity (Wildman–Crippen MR) is 42.5 cm³/mol. The fourth-order valence-electron chi connectivity index (χ4n) is 0.923. The van der Waals surface area contributed by atoms with Crippen LogP contribution in [0.2, 0.25) is 0 Å². The molecule has 0 heterocycles. The van der Waals surface area contributed by atoms with Crippen molar-refractivity contribution in [1.29, 1.82) is 0 Å². The van der Waals surface area contributed by atoms with Crippen molar-refractivity contribution in [2.45, 2.75) is 6.04 Å². The van der Waals surface area contributed by atoms with Gasteiger partial charge in [0.2, 0.25) is 0 Å². The number of hydrogen-bond acceptors (Lipinski definition) is 3. The number of halogens is 2. The molecule has 0 radical (unpaired) electrons. The molecule has 0 bridgehead atoms. The van der Waals surface area contributed by atoms with Crippen molar-refractivity contribution in [2.24, 2.45) is 0 Å². The first-order valence-electron chi connectivity index (χ1n) is 3.49. The van der Waals surface area contributed by atoms with Crippen LogP contribution < -0.4 is 0 Å². The van der Waals surface area contributed by atoms with Crippen molar-refractivity contribution in [2.75, 3.05) is 0 Å². The van der Waals surface area contributed by atoms with E-state index in [2.05, 4.69) is 0 Å². The van der Waals surface area contributed by atoms with E-state index < -0.39 is 26.5 Å². The Kier molecular flexibility index (Phi) is 2.76. The first kappa shape index (κ1) is 10.3. The van der Waals surface area contributed by atoms with Crippen molar-refractivity contribution in [3.05, 3.63) is 35.4 Å². The SMILES string of the molecule is O[Si](O)(O)Cc1ccc(F)c(F)c1. The lowest BCUT2D eigenvalue weighted by Gasteiger charge is -2.08. The van der Waals surface area contributed by atoms with Crippen LogP contribution >= 0.6 is 0 Å². The maximum Gasteiger partial charge on any atom is 0.497 e. The standard InChI is InChI=1S/C7H8F2O3Si/c8-6-2-1-5(3-7(6)9)4-13(10,11)12/h1-3,10-12H,4H2. The summed E-state index contributed by atoms with van der Waals surface area (Å²) in [6.45, 7) is 0. The van der Waals surface area contributed by atoms with E-state index >= 15 is 0 Å². The topological polar surface area (TPSA) is 60.7 Å². The summed E-state index contributed by atoms with van der Waals surface area (Å²) in [5, 5.41) is 0. The maximum atomic E-state index is 12.5. The highest BCUT2D eigenvalue weighted by molar-refractivity contribution is 6.55. The van der Waals surface area contributed by atoms with E-state index in [1.54, 1.807) is 0 Å². The summed E-state index contributed by atoms with van der Waals surface area (Å²) in [6.07, 6.45) is 0. The summed E-state index contributed by atoms with van der Waals surface area (Å²) >= 11 is 0. The van der Waals surface area contributed by atoms with Crippen LogP contribution in [-0.4, -0.2) is 23.2 Å². The normalized spacial score (nSPS) is 11.8. The molecule has 0 amide bonds. The van der Waals surface area contributed by atoms with Gasteiger partial charge in [-0.3, -0.25) is 0 Å². The Bertz CT molecular complexity index is 311. The molecule has 1 aromatic carbocycles. The minimum atomic E-state index is -4.23. The van der Waals surface area contributed by atoms with Crippen molar-refractivity contribution in [1.82, 2.24) is 0 Å². The van der Waals surface area contributed by atoms with Crippen LogP contribution in [0.15, 0.2) is 18.2 Å². The molecule has 3 nitrogen and oxygen atoms in total. The molecule has 0 aromatic heterocycles. The fraction of sp³-hybridized carbons (Fsp3) is 0.143. The smallest absolute Gasteiger partial charge is 0.390 e. The molecule has 1 rings (SSSR count). The third-order valence-corrected chi connectivity index (χ3v) is 2.31. The van der Waals surface area contributed by atoms with Gasteiger partial charge in [0, 0.05) is 6.04 Å². The van der Waals surface area contributed by atoms with Gasteiger partial charge in [0.1, 0.15) is 0 Å². The van der Waals surface area contributed by atoms with Gasteiger partial charge in [0.05, 0.1) is 0 Å². The second kappa shape index (κ2) is 3.50. The van der Waals surface area contributed by atoms with Gasteiger partial charge in [0.15, 0.2) is 11.6 Å². The minimum absolute atomic E-state index is 0.151. The van der Waals surface area contributed by atoms with Crippen molar-refractivity contribution in [3.63, 3.8) is 0 Å². The Morgan fingerprint density at radius 2 is 1.69 bits per heavy atom. The lowest BCUT2D eigenvalue weighted by Crippen LogP contribution is -2.37. The van der Waals surface area contributed by atoms with E-state index in [9.17, 15) is 8.78 Å². The van der Waals surface area contributed by atoms with Crippen LogP contribution in [0.5, 0.6) is 0 Å². The molecular formula is C7H8F2O3Si. The molecular weight excluding hydrogens is 198 g/mol. The van der Waals surface area contributed by atoms with E-state index in [4.69, 9.17) is 14.4 Å². The van der Waals surface area contributed by atoms with Gasteiger partial charge < -0.3 is 14.4 Å². The van der Waals surface area contributed by atoms with Gasteiger partial charge in [-0.1, -0.05) is 6.07 Å². The van der Waals surface area contributed by atoms with Crippen LogP contribution in [0.4, 0.5) is 8.78 Å². The zero-order valence-corrected chi connectivity index (χ0v) is 7.54. The van der Waals surface area contributed by atoms with E-state index in [-0.39, 0.29) is 5.56 Å². The highest BCUT2D eigenvalue weighted by Crippen LogP contribution is 2.11. The molecule has 0 aliphatic rings. The quantitative estimate of drug-likeness (QED) is 0.595. The van der Waals surface area contributed by atoms with Gasteiger partial charge in [-0.15, -0.1) is 0 Å². The lowest BCUT2D eigenvalue weighted by atomic mass is 10.2. The fourth-order valence-corrected chi connectivity index (χ4v) is 1.69. The minimum Gasteiger partial charge on any atom is -0.390 e. The number of rotatable bonds is 2. The summed E-state index contributed by atoms with van der Waals surface area (Å²) in [6, 6.07) is 2.43. The third kappa shape index (κ3) is 3.19. The van der Waals surface area contributed by atoms with Gasteiger partial charge >= 0.3 is 8.80 Å². The second-order valence-corrected chi connectivity index (χ2v) is 4.60. The summed E-state index contributed by atoms with van der Waals surface area (Å²) < 4.78 is 24.9. The molecule has 0 saturated carbocycles. The molecule has 72 valence electrons. The summed E-state index contributed by atoms with van der Waals surface area (Å²) in [5.41, 5.74) is 0.151. The molecule has 3 N–H and O–H groups in total. The lowest BCUT2D eigenvalue weighted by molar-refractivity contribution is 0.227. The zero-order chi connectivity index (χ0) is 10.1. The Hall–Kier alpha value is -0.823. The molecule has 0 aliphatic heterocycles. The summed E-state index contributed by atoms with van der Waals surface area (Å²) in [5.74, 6) is -2.08. The summed E-state index contributed by atoms with van der Waals surface area (Å²) in [4.78, 5) is 26.0. The van der Waals surface area contributed by atoms with Crippen LogP contribution in [0.3, 0.4) is 0 Å². The van der Waals surface area contributed by atoms with Crippen LogP contribution in [-0.2, 0) is 6.04 Å². The molecule has 0 saturated heterocycles. The van der Waals surface area contributed by atoms with Gasteiger partial charge in [-0.25, -0.2) is 8.78 Å². The Balaban J connectivity index is 2.86. The third-order valence-electron chi connectivity index (χ3n) is 1.43. The average molecular weight is 206 g/mol. The van der Waals surface area contributed by atoms with Crippen molar-refractivity contribution >= 4 is 8.80 Å². The molecule has 0 unspecified atom stereocenters. The molecule has 1 aromatic rings. The van der Waals surface area contributed by atoms with Crippen LogP contribution in [0.25, 0.3) is 0 Å². The number of hydrogen-bond donors (Lipinski definition) is 3. The maximum absolute atomic E-state index is 12.5. The average Bonchev–Trinajstić information content (AvgIpc) is 1.94. The first-order chi connectivity index (χ1) is 5.88. The van der Waals surface area contributed by atoms with Crippen molar-refractivity contribution < 1.29 is 23.2 Å². The van der Waals surface area contributed by atoms with Crippen LogP contribution in [0.1, 0.15) is 5.56 Å². The van der Waals surface area contributed by atoms with Crippen molar-refractivity contribution in [3.8, 4) is 0 Å². The highest BCUT2D eigenvalue weighted by Gasteiger charge is 2.27. The molecule has 13 heavy (non-hydrogen) atoms. The molecule has 0 aliphatic carbocycles. The van der Waals surface area contributed by atoms with Gasteiger partial charge in [-0.05, 0) is 17.7 Å². The monoisotopic (exact) mass is 206 g/mol. The molecule has 0 spiro atoms. The second-order valence-electron chi connectivity index (χ2n) is 2.70. The molecule has 0 atom stereocenters. The highest BCUT2D eigenvalue weighted by atomic mass is 28.4. The van der Waals surface area contributed by atoms with E-state index in [0.29, 0.717) is 0 Å². The predicted octanol–water partition coefficient (Wildman–Crippen LogP) is -0.0377. The first-order valence-corrected chi connectivity index (χ1v) is 5.54. The Labute approximate surface area is 74.3 Å². The van der Waals surface area contributed by atoms with E-state index in [1.807, 2.05) is 0 Å². The Morgan fingerprint density at radius 3 is 2.15 bits per heavy atom.